The normalized spacial score (nSPS) is 18.6. The molecule has 4 rings (SSSR count). The van der Waals surface area contributed by atoms with Gasteiger partial charge < -0.3 is 4.74 Å². The molecule has 10 heteroatoms. The van der Waals surface area contributed by atoms with E-state index in [-0.39, 0.29) is 30.6 Å². The van der Waals surface area contributed by atoms with Gasteiger partial charge in [-0.15, -0.1) is 0 Å². The van der Waals surface area contributed by atoms with Crippen molar-refractivity contribution >= 4 is 21.8 Å². The molecular weight excluding hydrogens is 433 g/mol. The number of rotatable bonds is 3. The minimum absolute atomic E-state index is 0.0915. The van der Waals surface area contributed by atoms with Crippen molar-refractivity contribution in [2.24, 2.45) is 0 Å². The molecule has 1 amide bonds. The average Bonchev–Trinajstić information content (AvgIpc) is 2.73. The fourth-order valence-electron chi connectivity index (χ4n) is 4.04. The molecule has 0 N–H and O–H groups in total. The minimum atomic E-state index is -4.63. The highest BCUT2D eigenvalue weighted by Crippen LogP contribution is 2.34. The zero-order valence-corrected chi connectivity index (χ0v) is 17.5. The van der Waals surface area contributed by atoms with Gasteiger partial charge in [-0.25, -0.2) is 13.2 Å². The van der Waals surface area contributed by atoms with Crippen molar-refractivity contribution in [3.63, 3.8) is 0 Å². The molecule has 0 aromatic heterocycles. The smallest absolute Gasteiger partial charge is 0.416 e. The largest absolute Gasteiger partial charge is 0.444 e. The summed E-state index contributed by atoms with van der Waals surface area (Å²) >= 11 is 0. The second-order valence-electron chi connectivity index (χ2n) is 7.72. The van der Waals surface area contributed by atoms with Crippen LogP contribution in [0.5, 0.6) is 0 Å². The van der Waals surface area contributed by atoms with Crippen LogP contribution < -0.4 is 4.90 Å². The van der Waals surface area contributed by atoms with Gasteiger partial charge in [0.1, 0.15) is 6.61 Å². The molecule has 2 aliphatic rings. The van der Waals surface area contributed by atoms with Crippen LogP contribution in [0, 0.1) is 6.92 Å². The van der Waals surface area contributed by atoms with Crippen LogP contribution >= 0.6 is 0 Å². The van der Waals surface area contributed by atoms with E-state index in [0.717, 1.165) is 35.0 Å². The van der Waals surface area contributed by atoms with Gasteiger partial charge in [0.2, 0.25) is 10.0 Å². The Bertz CT molecular complexity index is 1110. The van der Waals surface area contributed by atoms with Crippen molar-refractivity contribution < 1.29 is 31.1 Å². The topological polar surface area (TPSA) is 66.9 Å². The quantitative estimate of drug-likeness (QED) is 0.693. The van der Waals surface area contributed by atoms with E-state index in [1.807, 2.05) is 25.1 Å². The SMILES string of the molecule is Cc1ccc2c(c1)COC(=O)N2C1CCN(S(=O)(=O)c2cccc(C(F)(F)F)c2)CC1. The zero-order valence-electron chi connectivity index (χ0n) is 16.7. The summed E-state index contributed by atoms with van der Waals surface area (Å²) in [7, 11) is -4.08. The predicted octanol–water partition coefficient (Wildman–Crippen LogP) is 4.32. The Morgan fingerprint density at radius 2 is 1.77 bits per heavy atom. The van der Waals surface area contributed by atoms with Gasteiger partial charge in [0.05, 0.1) is 16.1 Å². The highest BCUT2D eigenvalue weighted by Gasteiger charge is 2.38. The van der Waals surface area contributed by atoms with Gasteiger partial charge in [0, 0.05) is 24.7 Å². The second kappa shape index (κ2) is 7.83. The Hall–Kier alpha value is -2.59. The standard InChI is InChI=1S/C21H21F3N2O4S/c1-14-5-6-19-15(11-14)13-30-20(27)26(19)17-7-9-25(10-8-17)31(28,29)18-4-2-3-16(12-18)21(22,23)24/h2-6,11-12,17H,7-10,13H2,1H3. The Balaban J connectivity index is 1.52. The number of nitrogens with zero attached hydrogens (tertiary/aromatic N) is 2. The van der Waals surface area contributed by atoms with Crippen molar-refractivity contribution in [3.05, 3.63) is 59.2 Å². The lowest BCUT2D eigenvalue weighted by molar-refractivity contribution is -0.137. The number of ether oxygens (including phenoxy) is 1. The number of anilines is 1. The first-order valence-corrected chi connectivity index (χ1v) is 11.2. The number of piperidine rings is 1. The first-order chi connectivity index (χ1) is 14.6. The van der Waals surface area contributed by atoms with Gasteiger partial charge in [-0.3, -0.25) is 4.90 Å². The van der Waals surface area contributed by atoms with E-state index in [1.165, 1.54) is 4.31 Å². The Labute approximate surface area is 178 Å². The monoisotopic (exact) mass is 454 g/mol. The molecule has 6 nitrogen and oxygen atoms in total. The summed E-state index contributed by atoms with van der Waals surface area (Å²) in [5.74, 6) is 0. The number of cyclic esters (lactones) is 1. The molecule has 0 bridgehead atoms. The number of sulfonamides is 1. The summed E-state index contributed by atoms with van der Waals surface area (Å²) < 4.78 is 71.2. The number of halogens is 3. The number of alkyl halides is 3. The molecule has 0 unspecified atom stereocenters. The molecule has 2 aliphatic heterocycles. The maximum atomic E-state index is 13.0. The summed E-state index contributed by atoms with van der Waals surface area (Å²) in [5, 5.41) is 0. The van der Waals surface area contributed by atoms with Gasteiger partial charge >= 0.3 is 12.3 Å². The number of aryl methyl sites for hydroxylation is 1. The molecule has 2 aromatic carbocycles. The Morgan fingerprint density at radius 1 is 1.06 bits per heavy atom. The molecule has 0 saturated carbocycles. The van der Waals surface area contributed by atoms with Crippen molar-refractivity contribution in [1.82, 2.24) is 4.31 Å². The maximum Gasteiger partial charge on any atom is 0.416 e. The summed E-state index contributed by atoms with van der Waals surface area (Å²) in [4.78, 5) is 13.6. The summed E-state index contributed by atoms with van der Waals surface area (Å²) in [6, 6.07) is 9.19. The summed E-state index contributed by atoms with van der Waals surface area (Å²) in [5.41, 5.74) is 1.67. The van der Waals surface area contributed by atoms with Gasteiger partial charge in [0.15, 0.2) is 0 Å². The molecule has 0 aliphatic carbocycles. The number of fused-ring (bicyclic) bond motifs is 1. The molecule has 0 atom stereocenters. The second-order valence-corrected chi connectivity index (χ2v) is 9.66. The van der Waals surface area contributed by atoms with E-state index in [0.29, 0.717) is 18.9 Å². The molecule has 1 saturated heterocycles. The molecule has 2 heterocycles. The van der Waals surface area contributed by atoms with E-state index in [1.54, 1.807) is 4.90 Å². The number of amides is 1. The van der Waals surface area contributed by atoms with Crippen LogP contribution in [-0.4, -0.2) is 37.9 Å². The van der Waals surface area contributed by atoms with Crippen LogP contribution in [0.25, 0.3) is 0 Å². The molecule has 166 valence electrons. The van der Waals surface area contributed by atoms with Crippen molar-refractivity contribution in [1.29, 1.82) is 0 Å². The van der Waals surface area contributed by atoms with Gasteiger partial charge in [-0.05, 0) is 44.0 Å². The Kier molecular flexibility index (Phi) is 5.47. The lowest BCUT2D eigenvalue weighted by Gasteiger charge is -2.39. The third kappa shape index (κ3) is 4.14. The summed E-state index contributed by atoms with van der Waals surface area (Å²) in [6.07, 6.45) is -4.41. The molecular formula is C21H21F3N2O4S. The fraction of sp³-hybridized carbons (Fsp3) is 0.381. The van der Waals surface area contributed by atoms with Crippen molar-refractivity contribution in [2.45, 2.75) is 43.5 Å². The highest BCUT2D eigenvalue weighted by molar-refractivity contribution is 7.89. The molecule has 1 fully saturated rings. The first-order valence-electron chi connectivity index (χ1n) is 9.80. The predicted molar refractivity (Wildman–Crippen MR) is 107 cm³/mol. The van der Waals surface area contributed by atoms with E-state index in [9.17, 15) is 26.4 Å². The van der Waals surface area contributed by atoms with E-state index in [4.69, 9.17) is 4.74 Å². The number of benzene rings is 2. The molecule has 2 aromatic rings. The minimum Gasteiger partial charge on any atom is -0.444 e. The number of hydrogen-bond donors (Lipinski definition) is 0. The molecule has 0 radical (unpaired) electrons. The number of carbonyl (C=O) groups excluding carboxylic acids is 1. The van der Waals surface area contributed by atoms with Crippen molar-refractivity contribution in [3.8, 4) is 0 Å². The highest BCUT2D eigenvalue weighted by atomic mass is 32.2. The third-order valence-corrected chi connectivity index (χ3v) is 7.52. The summed E-state index contributed by atoms with van der Waals surface area (Å²) in [6.45, 7) is 2.32. The van der Waals surface area contributed by atoms with Gasteiger partial charge in [-0.1, -0.05) is 23.8 Å². The first kappa shape index (κ1) is 21.6. The number of carbonyl (C=O) groups is 1. The van der Waals surface area contributed by atoms with Crippen LogP contribution in [-0.2, 0) is 27.5 Å². The average molecular weight is 454 g/mol. The number of hydrogen-bond acceptors (Lipinski definition) is 4. The van der Waals surface area contributed by atoms with E-state index in [2.05, 4.69) is 0 Å². The molecule has 0 spiro atoms. The van der Waals surface area contributed by atoms with Crippen LogP contribution in [0.1, 0.15) is 29.5 Å². The zero-order chi connectivity index (χ0) is 22.4. The van der Waals surface area contributed by atoms with Crippen LogP contribution in [0.2, 0.25) is 0 Å². The lowest BCUT2D eigenvalue weighted by atomic mass is 10.0. The van der Waals surface area contributed by atoms with Crippen molar-refractivity contribution in [2.75, 3.05) is 18.0 Å². The van der Waals surface area contributed by atoms with E-state index < -0.39 is 27.9 Å². The van der Waals surface area contributed by atoms with Crippen LogP contribution in [0.4, 0.5) is 23.7 Å². The van der Waals surface area contributed by atoms with Crippen LogP contribution in [0.15, 0.2) is 47.4 Å². The fourth-order valence-corrected chi connectivity index (χ4v) is 5.56. The molecule has 31 heavy (non-hydrogen) atoms. The maximum absolute atomic E-state index is 13.0. The van der Waals surface area contributed by atoms with Gasteiger partial charge in [0.25, 0.3) is 0 Å². The van der Waals surface area contributed by atoms with Crippen LogP contribution in [0.3, 0.4) is 0 Å². The lowest BCUT2D eigenvalue weighted by Crippen LogP contribution is -2.50. The third-order valence-electron chi connectivity index (χ3n) is 5.63. The Morgan fingerprint density at radius 3 is 2.45 bits per heavy atom. The van der Waals surface area contributed by atoms with Gasteiger partial charge in [-0.2, -0.15) is 17.5 Å². The van der Waals surface area contributed by atoms with E-state index >= 15 is 0 Å².